The summed E-state index contributed by atoms with van der Waals surface area (Å²) in [6, 6.07) is 24.6. The third-order valence-electron chi connectivity index (χ3n) is 3.99. The molecule has 0 saturated heterocycles. The molecule has 27 heavy (non-hydrogen) atoms. The monoisotopic (exact) mass is 373 g/mol. The molecular formula is C21H15N3O2S. The fraction of sp³-hybridized carbons (Fsp3) is 0. The van der Waals surface area contributed by atoms with Gasteiger partial charge in [0.2, 0.25) is 0 Å². The van der Waals surface area contributed by atoms with Crippen molar-refractivity contribution in [1.82, 2.24) is 9.66 Å². The van der Waals surface area contributed by atoms with E-state index in [0.29, 0.717) is 10.9 Å². The molecule has 0 aliphatic rings. The molecule has 4 aromatic rings. The van der Waals surface area contributed by atoms with Crippen LogP contribution >= 0.6 is 11.8 Å². The average Bonchev–Trinajstić information content (AvgIpc) is 2.70. The summed E-state index contributed by atoms with van der Waals surface area (Å²) in [6.07, 6.45) is 1.54. The van der Waals surface area contributed by atoms with Crippen LogP contribution in [0.5, 0.6) is 0 Å². The average molecular weight is 373 g/mol. The van der Waals surface area contributed by atoms with Crippen LogP contribution in [-0.2, 0) is 0 Å². The number of nitrogens with zero attached hydrogens (tertiary/aromatic N) is 2. The fourth-order valence-corrected chi connectivity index (χ4v) is 3.61. The van der Waals surface area contributed by atoms with Gasteiger partial charge in [-0.1, -0.05) is 60.3 Å². The lowest BCUT2D eigenvalue weighted by molar-refractivity contribution is 0.771. The SMILES string of the molecule is O=c1[nH]c2ccccc2c(=O)n1N=Cc1ccccc1Sc1ccccc1. The Hall–Kier alpha value is -3.38. The summed E-state index contributed by atoms with van der Waals surface area (Å²) < 4.78 is 0.853. The Morgan fingerprint density at radius 2 is 1.56 bits per heavy atom. The van der Waals surface area contributed by atoms with Gasteiger partial charge >= 0.3 is 5.69 Å². The van der Waals surface area contributed by atoms with Crippen LogP contribution in [0.1, 0.15) is 5.56 Å². The highest BCUT2D eigenvalue weighted by atomic mass is 32.2. The Labute approximate surface area is 159 Å². The third kappa shape index (κ3) is 3.61. The van der Waals surface area contributed by atoms with Crippen molar-refractivity contribution in [2.75, 3.05) is 0 Å². The fourth-order valence-electron chi connectivity index (χ4n) is 2.67. The van der Waals surface area contributed by atoms with Gasteiger partial charge in [-0.3, -0.25) is 4.79 Å². The van der Waals surface area contributed by atoms with Gasteiger partial charge in [-0.05, 0) is 30.3 Å². The molecule has 0 aliphatic heterocycles. The van der Waals surface area contributed by atoms with E-state index in [1.165, 1.54) is 6.21 Å². The molecule has 0 aliphatic carbocycles. The van der Waals surface area contributed by atoms with Gasteiger partial charge < -0.3 is 4.98 Å². The minimum absolute atomic E-state index is 0.418. The number of rotatable bonds is 4. The van der Waals surface area contributed by atoms with E-state index in [9.17, 15) is 9.59 Å². The molecule has 1 N–H and O–H groups in total. The van der Waals surface area contributed by atoms with Gasteiger partial charge in [0, 0.05) is 15.4 Å². The van der Waals surface area contributed by atoms with E-state index in [1.54, 1.807) is 36.0 Å². The van der Waals surface area contributed by atoms with E-state index in [2.05, 4.69) is 10.1 Å². The first-order valence-corrected chi connectivity index (χ1v) is 9.14. The minimum atomic E-state index is -0.567. The zero-order valence-electron chi connectivity index (χ0n) is 14.2. The first-order valence-electron chi connectivity index (χ1n) is 8.33. The highest BCUT2D eigenvalue weighted by Gasteiger charge is 2.06. The van der Waals surface area contributed by atoms with E-state index in [0.717, 1.165) is 20.0 Å². The Balaban J connectivity index is 1.73. The highest BCUT2D eigenvalue weighted by Crippen LogP contribution is 2.29. The number of hydrogen-bond acceptors (Lipinski definition) is 4. The Morgan fingerprint density at radius 3 is 2.41 bits per heavy atom. The largest absolute Gasteiger partial charge is 0.349 e. The molecule has 4 rings (SSSR count). The number of H-pyrrole nitrogens is 1. The second-order valence-electron chi connectivity index (χ2n) is 5.79. The van der Waals surface area contributed by atoms with Gasteiger partial charge in [0.25, 0.3) is 5.56 Å². The third-order valence-corrected chi connectivity index (χ3v) is 5.09. The van der Waals surface area contributed by atoms with Gasteiger partial charge in [-0.15, -0.1) is 4.68 Å². The van der Waals surface area contributed by atoms with Gasteiger partial charge in [0.15, 0.2) is 0 Å². The summed E-state index contributed by atoms with van der Waals surface area (Å²) in [5, 5.41) is 4.57. The first-order chi connectivity index (χ1) is 13.2. The molecule has 0 atom stereocenters. The molecule has 5 nitrogen and oxygen atoms in total. The van der Waals surface area contributed by atoms with Gasteiger partial charge in [-0.25, -0.2) is 4.79 Å². The van der Waals surface area contributed by atoms with Gasteiger partial charge in [0.1, 0.15) is 0 Å². The van der Waals surface area contributed by atoms with Gasteiger partial charge in [0.05, 0.1) is 17.1 Å². The lowest BCUT2D eigenvalue weighted by atomic mass is 10.2. The summed E-state index contributed by atoms with van der Waals surface area (Å²) in [4.78, 5) is 29.6. The van der Waals surface area contributed by atoms with E-state index >= 15 is 0 Å². The maximum absolute atomic E-state index is 12.6. The molecular weight excluding hydrogens is 358 g/mol. The number of aromatic nitrogens is 2. The first kappa shape index (κ1) is 17.1. The quantitative estimate of drug-likeness (QED) is 0.554. The van der Waals surface area contributed by atoms with Gasteiger partial charge in [-0.2, -0.15) is 5.10 Å². The number of aromatic amines is 1. The molecule has 132 valence electrons. The Kier molecular flexibility index (Phi) is 4.72. The van der Waals surface area contributed by atoms with E-state index in [4.69, 9.17) is 0 Å². The maximum Gasteiger partial charge on any atom is 0.349 e. The number of hydrogen-bond donors (Lipinski definition) is 1. The second kappa shape index (κ2) is 7.47. The molecule has 0 amide bonds. The van der Waals surface area contributed by atoms with Crippen molar-refractivity contribution in [3.63, 3.8) is 0 Å². The normalized spacial score (nSPS) is 11.3. The molecule has 0 unspecified atom stereocenters. The lowest BCUT2D eigenvalue weighted by Gasteiger charge is -2.05. The van der Waals surface area contributed by atoms with Crippen LogP contribution < -0.4 is 11.2 Å². The zero-order valence-corrected chi connectivity index (χ0v) is 15.0. The van der Waals surface area contributed by atoms with Crippen LogP contribution in [0.2, 0.25) is 0 Å². The molecule has 6 heteroatoms. The predicted octanol–water partition coefficient (Wildman–Crippen LogP) is 3.72. The standard InChI is InChI=1S/C21H15N3O2S/c25-20-17-11-5-6-12-18(17)23-21(26)24(20)22-14-15-8-4-7-13-19(15)27-16-9-2-1-3-10-16/h1-14H,(H,23,26). The lowest BCUT2D eigenvalue weighted by Crippen LogP contribution is -2.32. The molecule has 0 bridgehead atoms. The van der Waals surface area contributed by atoms with Crippen LogP contribution in [-0.4, -0.2) is 15.9 Å². The molecule has 3 aromatic carbocycles. The van der Waals surface area contributed by atoms with Crippen molar-refractivity contribution in [3.05, 3.63) is 105 Å². The number of benzene rings is 3. The van der Waals surface area contributed by atoms with Crippen molar-refractivity contribution in [1.29, 1.82) is 0 Å². The van der Waals surface area contributed by atoms with Crippen molar-refractivity contribution >= 4 is 28.9 Å². The van der Waals surface area contributed by atoms with Crippen LogP contribution in [0, 0.1) is 0 Å². The van der Waals surface area contributed by atoms with Crippen molar-refractivity contribution in [2.24, 2.45) is 5.10 Å². The van der Waals surface area contributed by atoms with Crippen molar-refractivity contribution < 1.29 is 0 Å². The molecule has 1 aromatic heterocycles. The zero-order chi connectivity index (χ0) is 18.6. The van der Waals surface area contributed by atoms with Crippen LogP contribution in [0.25, 0.3) is 10.9 Å². The van der Waals surface area contributed by atoms with Crippen molar-refractivity contribution in [2.45, 2.75) is 9.79 Å². The molecule has 0 saturated carbocycles. The smallest absolute Gasteiger partial charge is 0.305 e. The second-order valence-corrected chi connectivity index (χ2v) is 6.91. The summed E-state index contributed by atoms with van der Waals surface area (Å²) >= 11 is 1.60. The summed E-state index contributed by atoms with van der Waals surface area (Å²) in [7, 11) is 0. The molecule has 0 radical (unpaired) electrons. The van der Waals surface area contributed by atoms with Crippen molar-refractivity contribution in [3.8, 4) is 0 Å². The maximum atomic E-state index is 12.6. The van der Waals surface area contributed by atoms with Crippen LogP contribution in [0.15, 0.2) is 103 Å². The number of fused-ring (bicyclic) bond motifs is 1. The molecule has 0 fully saturated rings. The molecule has 0 spiro atoms. The number of para-hydroxylation sites is 1. The Bertz CT molecular complexity index is 1240. The highest BCUT2D eigenvalue weighted by molar-refractivity contribution is 7.99. The molecule has 1 heterocycles. The minimum Gasteiger partial charge on any atom is -0.305 e. The van der Waals surface area contributed by atoms with E-state index in [1.807, 2.05) is 54.6 Å². The number of nitrogens with one attached hydrogen (secondary N) is 1. The van der Waals surface area contributed by atoms with E-state index < -0.39 is 11.2 Å². The topological polar surface area (TPSA) is 67.2 Å². The van der Waals surface area contributed by atoms with E-state index in [-0.39, 0.29) is 0 Å². The van der Waals surface area contributed by atoms with Crippen LogP contribution in [0.4, 0.5) is 0 Å². The predicted molar refractivity (Wildman–Crippen MR) is 109 cm³/mol. The summed E-state index contributed by atoms with van der Waals surface area (Å²) in [5.74, 6) is 0. The summed E-state index contributed by atoms with van der Waals surface area (Å²) in [5.41, 5.74) is 0.312. The van der Waals surface area contributed by atoms with Crippen LogP contribution in [0.3, 0.4) is 0 Å². The Morgan fingerprint density at radius 1 is 0.852 bits per heavy atom. The summed E-state index contributed by atoms with van der Waals surface area (Å²) in [6.45, 7) is 0.